The maximum absolute atomic E-state index is 11.6. The van der Waals surface area contributed by atoms with Gasteiger partial charge in [0.1, 0.15) is 4.88 Å². The van der Waals surface area contributed by atoms with Crippen LogP contribution in [0.15, 0.2) is 11.7 Å². The molecule has 0 radical (unpaired) electrons. The Hall–Kier alpha value is -0.900. The van der Waals surface area contributed by atoms with Crippen molar-refractivity contribution in [2.75, 3.05) is 13.6 Å². The van der Waals surface area contributed by atoms with E-state index in [2.05, 4.69) is 11.9 Å². The number of hydrogen-bond acceptors (Lipinski definition) is 3. The summed E-state index contributed by atoms with van der Waals surface area (Å²) in [5.74, 6) is 0.0796. The average Bonchev–Trinajstić information content (AvgIpc) is 2.65. The Labute approximate surface area is 82.4 Å². The van der Waals surface area contributed by atoms with Crippen LogP contribution in [0, 0.1) is 0 Å². The zero-order valence-corrected chi connectivity index (χ0v) is 8.80. The van der Waals surface area contributed by atoms with Crippen molar-refractivity contribution in [3.05, 3.63) is 16.6 Å². The monoisotopic (exact) mass is 198 g/mol. The molecule has 1 amide bonds. The molecule has 1 aromatic rings. The topological polar surface area (TPSA) is 33.2 Å². The number of carbonyl (C=O) groups excluding carboxylic acids is 1. The smallest absolute Gasteiger partial charge is 0.265 e. The number of rotatable bonds is 4. The van der Waals surface area contributed by atoms with E-state index in [1.807, 2.05) is 7.05 Å². The highest BCUT2D eigenvalue weighted by Crippen LogP contribution is 2.08. The summed E-state index contributed by atoms with van der Waals surface area (Å²) in [5, 5.41) is 0. The van der Waals surface area contributed by atoms with E-state index >= 15 is 0 Å². The van der Waals surface area contributed by atoms with Gasteiger partial charge in [-0.25, -0.2) is 0 Å². The normalized spacial score (nSPS) is 10.0. The highest BCUT2D eigenvalue weighted by Gasteiger charge is 2.11. The van der Waals surface area contributed by atoms with Gasteiger partial charge in [-0.15, -0.1) is 11.3 Å². The summed E-state index contributed by atoms with van der Waals surface area (Å²) >= 11 is 1.39. The largest absolute Gasteiger partial charge is 0.341 e. The lowest BCUT2D eigenvalue weighted by atomic mass is 10.3. The molecule has 1 rings (SSSR count). The molecule has 13 heavy (non-hydrogen) atoms. The summed E-state index contributed by atoms with van der Waals surface area (Å²) in [4.78, 5) is 18.0. The number of amides is 1. The minimum atomic E-state index is 0.0796. The molecule has 0 aromatic carbocycles. The van der Waals surface area contributed by atoms with Crippen LogP contribution in [0.2, 0.25) is 0 Å². The van der Waals surface area contributed by atoms with Gasteiger partial charge in [0, 0.05) is 13.6 Å². The molecule has 0 fully saturated rings. The van der Waals surface area contributed by atoms with Gasteiger partial charge < -0.3 is 4.90 Å². The molecule has 0 atom stereocenters. The summed E-state index contributed by atoms with van der Waals surface area (Å²) in [6, 6.07) is 0. The molecule has 0 aliphatic heterocycles. The molecule has 0 saturated heterocycles. The third-order valence-corrected chi connectivity index (χ3v) is 2.60. The second-order valence-electron chi connectivity index (χ2n) is 2.95. The van der Waals surface area contributed by atoms with Crippen LogP contribution in [-0.2, 0) is 0 Å². The van der Waals surface area contributed by atoms with E-state index in [9.17, 15) is 4.79 Å². The molecular formula is C9H14N2OS. The van der Waals surface area contributed by atoms with Gasteiger partial charge in [-0.05, 0) is 6.42 Å². The van der Waals surface area contributed by atoms with Crippen molar-refractivity contribution >= 4 is 17.2 Å². The second-order valence-corrected chi connectivity index (χ2v) is 3.83. The Morgan fingerprint density at radius 3 is 3.00 bits per heavy atom. The lowest BCUT2D eigenvalue weighted by Gasteiger charge is -2.14. The Bertz CT molecular complexity index is 259. The first-order valence-electron chi connectivity index (χ1n) is 4.39. The van der Waals surface area contributed by atoms with Crippen LogP contribution in [0.5, 0.6) is 0 Å². The maximum atomic E-state index is 11.6. The molecule has 1 aromatic heterocycles. The number of nitrogens with zero attached hydrogens (tertiary/aromatic N) is 2. The molecule has 1 heterocycles. The highest BCUT2D eigenvalue weighted by molar-refractivity contribution is 7.11. The van der Waals surface area contributed by atoms with Crippen LogP contribution in [0.25, 0.3) is 0 Å². The second kappa shape index (κ2) is 4.97. The first kappa shape index (κ1) is 10.2. The average molecular weight is 198 g/mol. The number of unbranched alkanes of at least 4 members (excludes halogenated alkanes) is 1. The molecule has 0 unspecified atom stereocenters. The Balaban J connectivity index is 2.48. The van der Waals surface area contributed by atoms with Crippen molar-refractivity contribution in [1.29, 1.82) is 0 Å². The van der Waals surface area contributed by atoms with Gasteiger partial charge >= 0.3 is 0 Å². The van der Waals surface area contributed by atoms with Gasteiger partial charge in [0.15, 0.2) is 0 Å². The molecule has 3 nitrogen and oxygen atoms in total. The highest BCUT2D eigenvalue weighted by atomic mass is 32.1. The zero-order valence-electron chi connectivity index (χ0n) is 7.99. The van der Waals surface area contributed by atoms with E-state index < -0.39 is 0 Å². The molecular weight excluding hydrogens is 184 g/mol. The fourth-order valence-corrected chi connectivity index (χ4v) is 1.62. The maximum Gasteiger partial charge on any atom is 0.265 e. The SMILES string of the molecule is CCCCN(C)C(=O)c1cncs1. The standard InChI is InChI=1S/C9H14N2OS/c1-3-4-5-11(2)9(12)8-6-10-7-13-8/h6-7H,3-5H2,1-2H3. The quantitative estimate of drug-likeness (QED) is 0.741. The van der Waals surface area contributed by atoms with Gasteiger partial charge in [0.05, 0.1) is 11.7 Å². The first-order valence-corrected chi connectivity index (χ1v) is 5.27. The lowest BCUT2D eigenvalue weighted by Crippen LogP contribution is -2.26. The summed E-state index contributed by atoms with van der Waals surface area (Å²) in [5.41, 5.74) is 1.68. The fraction of sp³-hybridized carbons (Fsp3) is 0.556. The van der Waals surface area contributed by atoms with E-state index in [1.54, 1.807) is 16.6 Å². The van der Waals surface area contributed by atoms with E-state index in [0.717, 1.165) is 24.3 Å². The number of thiazole rings is 1. The molecule has 0 N–H and O–H groups in total. The molecule has 0 bridgehead atoms. The Morgan fingerprint density at radius 2 is 2.46 bits per heavy atom. The van der Waals surface area contributed by atoms with Gasteiger partial charge in [0.2, 0.25) is 0 Å². The van der Waals surface area contributed by atoms with E-state index in [-0.39, 0.29) is 5.91 Å². The van der Waals surface area contributed by atoms with Crippen molar-refractivity contribution in [2.45, 2.75) is 19.8 Å². The third kappa shape index (κ3) is 2.81. The van der Waals surface area contributed by atoms with Crippen molar-refractivity contribution < 1.29 is 4.79 Å². The molecule has 0 aliphatic carbocycles. The molecule has 0 saturated carbocycles. The fourth-order valence-electron chi connectivity index (χ4n) is 1.01. The van der Waals surface area contributed by atoms with Crippen LogP contribution in [0.4, 0.5) is 0 Å². The summed E-state index contributed by atoms with van der Waals surface area (Å²) < 4.78 is 0. The van der Waals surface area contributed by atoms with Gasteiger partial charge in [0.25, 0.3) is 5.91 Å². The van der Waals surface area contributed by atoms with Crippen molar-refractivity contribution in [2.24, 2.45) is 0 Å². The summed E-state index contributed by atoms with van der Waals surface area (Å²) in [6.07, 6.45) is 3.79. The van der Waals surface area contributed by atoms with Gasteiger partial charge in [-0.3, -0.25) is 9.78 Å². The van der Waals surface area contributed by atoms with E-state index in [0.29, 0.717) is 0 Å². The van der Waals surface area contributed by atoms with Crippen LogP contribution in [0.3, 0.4) is 0 Å². The molecule has 4 heteroatoms. The van der Waals surface area contributed by atoms with Crippen LogP contribution < -0.4 is 0 Å². The van der Waals surface area contributed by atoms with Crippen molar-refractivity contribution in [3.63, 3.8) is 0 Å². The number of hydrogen-bond donors (Lipinski definition) is 0. The van der Waals surface area contributed by atoms with Crippen LogP contribution in [-0.4, -0.2) is 29.4 Å². The summed E-state index contributed by atoms with van der Waals surface area (Å²) in [6.45, 7) is 2.94. The first-order chi connectivity index (χ1) is 6.25. The minimum Gasteiger partial charge on any atom is -0.341 e. The number of aromatic nitrogens is 1. The van der Waals surface area contributed by atoms with Gasteiger partial charge in [-0.1, -0.05) is 13.3 Å². The Morgan fingerprint density at radius 1 is 1.69 bits per heavy atom. The predicted molar refractivity (Wildman–Crippen MR) is 54.0 cm³/mol. The van der Waals surface area contributed by atoms with E-state index in [4.69, 9.17) is 0 Å². The van der Waals surface area contributed by atoms with Crippen LogP contribution in [0.1, 0.15) is 29.4 Å². The molecule has 0 spiro atoms. The number of carbonyl (C=O) groups is 1. The van der Waals surface area contributed by atoms with E-state index in [1.165, 1.54) is 11.3 Å². The predicted octanol–water partition coefficient (Wildman–Crippen LogP) is 2.02. The van der Waals surface area contributed by atoms with Crippen molar-refractivity contribution in [3.8, 4) is 0 Å². The Kier molecular flexibility index (Phi) is 3.89. The van der Waals surface area contributed by atoms with Crippen molar-refractivity contribution in [1.82, 2.24) is 9.88 Å². The van der Waals surface area contributed by atoms with Gasteiger partial charge in [-0.2, -0.15) is 0 Å². The molecule has 72 valence electrons. The lowest BCUT2D eigenvalue weighted by molar-refractivity contribution is 0.0798. The van der Waals surface area contributed by atoms with Crippen LogP contribution >= 0.6 is 11.3 Å². The zero-order chi connectivity index (χ0) is 9.68. The minimum absolute atomic E-state index is 0.0796. The summed E-state index contributed by atoms with van der Waals surface area (Å²) in [7, 11) is 1.83. The third-order valence-electron chi connectivity index (χ3n) is 1.84. The molecule has 0 aliphatic rings.